The minimum Gasteiger partial charge on any atom is -0.469 e. The topological polar surface area (TPSA) is 65.5 Å². The fourth-order valence-electron chi connectivity index (χ4n) is 1.34. The molecule has 1 rings (SSSR count). The van der Waals surface area contributed by atoms with Gasteiger partial charge in [-0.2, -0.15) is 0 Å². The molecule has 0 atom stereocenters. The van der Waals surface area contributed by atoms with Crippen LogP contribution in [0, 0.1) is 0 Å². The van der Waals surface area contributed by atoms with Crippen LogP contribution in [0.5, 0.6) is 0 Å². The first-order chi connectivity index (χ1) is 8.85. The van der Waals surface area contributed by atoms with Gasteiger partial charge in [0.2, 0.25) is 0 Å². The van der Waals surface area contributed by atoms with Gasteiger partial charge < -0.3 is 9.47 Å². The quantitative estimate of drug-likeness (QED) is 0.594. The number of hydrogen-bond donors (Lipinski definition) is 0. The van der Waals surface area contributed by atoms with Gasteiger partial charge in [0.05, 0.1) is 23.9 Å². The molecular formula is C12H17NO4S2. The molecule has 0 amide bonds. The SMILES string of the molecule is COC(=O)CCSc1cnc(C(C)(C)OC(C)=O)s1. The number of esters is 2. The number of methoxy groups -OCH3 is 1. The number of thioether (sulfide) groups is 1. The second-order valence-electron chi connectivity index (χ2n) is 4.26. The third kappa shape index (κ3) is 5.20. The molecule has 0 unspecified atom stereocenters. The van der Waals surface area contributed by atoms with Crippen molar-refractivity contribution in [2.45, 2.75) is 37.0 Å². The predicted octanol–water partition coefficient (Wildman–Crippen LogP) is 2.60. The van der Waals surface area contributed by atoms with Gasteiger partial charge in [-0.3, -0.25) is 9.59 Å². The first kappa shape index (κ1) is 16.0. The Morgan fingerprint density at radius 3 is 2.74 bits per heavy atom. The highest BCUT2D eigenvalue weighted by molar-refractivity contribution is 8.01. The summed E-state index contributed by atoms with van der Waals surface area (Å²) in [6, 6.07) is 0. The average Bonchev–Trinajstić information content (AvgIpc) is 2.76. The maximum atomic E-state index is 11.0. The van der Waals surface area contributed by atoms with Crippen molar-refractivity contribution >= 4 is 35.0 Å². The zero-order chi connectivity index (χ0) is 14.5. The highest BCUT2D eigenvalue weighted by atomic mass is 32.2. The summed E-state index contributed by atoms with van der Waals surface area (Å²) >= 11 is 3.00. The Morgan fingerprint density at radius 1 is 1.47 bits per heavy atom. The van der Waals surface area contributed by atoms with Crippen LogP contribution in [0.25, 0.3) is 0 Å². The van der Waals surface area contributed by atoms with Gasteiger partial charge >= 0.3 is 11.9 Å². The van der Waals surface area contributed by atoms with Gasteiger partial charge in [0.15, 0.2) is 5.60 Å². The molecule has 19 heavy (non-hydrogen) atoms. The van der Waals surface area contributed by atoms with E-state index in [1.807, 2.05) is 0 Å². The van der Waals surface area contributed by atoms with E-state index in [1.165, 1.54) is 37.1 Å². The second-order valence-corrected chi connectivity index (χ2v) is 6.69. The highest BCUT2D eigenvalue weighted by Crippen LogP contribution is 2.33. The summed E-state index contributed by atoms with van der Waals surface area (Å²) in [5.41, 5.74) is -0.725. The van der Waals surface area contributed by atoms with E-state index in [0.29, 0.717) is 12.2 Å². The number of thiazole rings is 1. The summed E-state index contributed by atoms with van der Waals surface area (Å²) in [4.78, 5) is 26.3. The van der Waals surface area contributed by atoms with Crippen LogP contribution in [-0.2, 0) is 24.7 Å². The minimum absolute atomic E-state index is 0.225. The Kier molecular flexibility index (Phi) is 5.81. The van der Waals surface area contributed by atoms with Crippen LogP contribution in [0.2, 0.25) is 0 Å². The fraction of sp³-hybridized carbons (Fsp3) is 0.583. The Balaban J connectivity index is 2.57. The van der Waals surface area contributed by atoms with Gasteiger partial charge in [-0.15, -0.1) is 23.1 Å². The van der Waals surface area contributed by atoms with Crippen molar-refractivity contribution in [2.24, 2.45) is 0 Å². The van der Waals surface area contributed by atoms with Crippen molar-refractivity contribution in [3.63, 3.8) is 0 Å². The lowest BCUT2D eigenvalue weighted by Crippen LogP contribution is -2.23. The maximum absolute atomic E-state index is 11.0. The number of carbonyl (C=O) groups excluding carboxylic acids is 2. The van der Waals surface area contributed by atoms with E-state index in [2.05, 4.69) is 9.72 Å². The number of nitrogens with zero attached hydrogens (tertiary/aromatic N) is 1. The number of rotatable bonds is 6. The predicted molar refractivity (Wildman–Crippen MR) is 74.3 cm³/mol. The van der Waals surface area contributed by atoms with Crippen molar-refractivity contribution in [1.82, 2.24) is 4.98 Å². The first-order valence-corrected chi connectivity index (χ1v) is 7.51. The van der Waals surface area contributed by atoms with Crippen LogP contribution < -0.4 is 0 Å². The molecule has 1 aromatic rings. The maximum Gasteiger partial charge on any atom is 0.306 e. The molecule has 106 valence electrons. The van der Waals surface area contributed by atoms with Gasteiger partial charge in [-0.05, 0) is 13.8 Å². The lowest BCUT2D eigenvalue weighted by molar-refractivity contribution is -0.154. The zero-order valence-electron chi connectivity index (χ0n) is 11.4. The monoisotopic (exact) mass is 303 g/mol. The molecular weight excluding hydrogens is 286 g/mol. The summed E-state index contributed by atoms with van der Waals surface area (Å²) in [7, 11) is 1.37. The molecule has 1 heterocycles. The molecule has 0 saturated carbocycles. The van der Waals surface area contributed by atoms with Crippen molar-refractivity contribution in [1.29, 1.82) is 0 Å². The molecule has 7 heteroatoms. The minimum atomic E-state index is -0.725. The molecule has 0 aliphatic rings. The van der Waals surface area contributed by atoms with Crippen LogP contribution in [0.1, 0.15) is 32.2 Å². The van der Waals surface area contributed by atoms with E-state index in [4.69, 9.17) is 4.74 Å². The molecule has 0 radical (unpaired) electrons. The van der Waals surface area contributed by atoms with E-state index in [9.17, 15) is 9.59 Å². The Bertz CT molecular complexity index is 456. The number of carbonyl (C=O) groups is 2. The van der Waals surface area contributed by atoms with E-state index in [0.717, 1.165) is 9.22 Å². The summed E-state index contributed by atoms with van der Waals surface area (Å²) in [5.74, 6) is 0.0834. The second kappa shape index (κ2) is 6.91. The summed E-state index contributed by atoms with van der Waals surface area (Å²) in [6.07, 6.45) is 2.09. The Hall–Kier alpha value is -1.08. The Labute approximate surface area is 120 Å². The summed E-state index contributed by atoms with van der Waals surface area (Å²) in [5, 5.41) is 0.739. The lowest BCUT2D eigenvalue weighted by Gasteiger charge is -2.21. The van der Waals surface area contributed by atoms with E-state index in [1.54, 1.807) is 20.0 Å². The van der Waals surface area contributed by atoms with Gasteiger partial charge in [0, 0.05) is 12.7 Å². The molecule has 0 bridgehead atoms. The van der Waals surface area contributed by atoms with Gasteiger partial charge in [-0.1, -0.05) is 0 Å². The van der Waals surface area contributed by atoms with Crippen LogP contribution >= 0.6 is 23.1 Å². The van der Waals surface area contributed by atoms with Gasteiger partial charge in [0.25, 0.3) is 0 Å². The standard InChI is InChI=1S/C12H17NO4S2/c1-8(14)17-12(2,3)11-13-7-10(19-11)18-6-5-9(15)16-4/h7H,5-6H2,1-4H3. The third-order valence-corrected chi connectivity index (χ3v) is 4.68. The third-order valence-electron chi connectivity index (χ3n) is 2.18. The van der Waals surface area contributed by atoms with Crippen molar-refractivity contribution in [3.8, 4) is 0 Å². The van der Waals surface area contributed by atoms with Crippen LogP contribution in [-0.4, -0.2) is 29.8 Å². The smallest absolute Gasteiger partial charge is 0.306 e. The fourth-order valence-corrected chi connectivity index (χ4v) is 3.35. The molecule has 0 N–H and O–H groups in total. The van der Waals surface area contributed by atoms with E-state index >= 15 is 0 Å². The number of aromatic nitrogens is 1. The summed E-state index contributed by atoms with van der Waals surface area (Å²) in [6.45, 7) is 4.98. The van der Waals surface area contributed by atoms with Gasteiger partial charge in [-0.25, -0.2) is 4.98 Å². The van der Waals surface area contributed by atoms with Crippen molar-refractivity contribution in [3.05, 3.63) is 11.2 Å². The lowest BCUT2D eigenvalue weighted by atomic mass is 10.1. The highest BCUT2D eigenvalue weighted by Gasteiger charge is 2.27. The Morgan fingerprint density at radius 2 is 2.16 bits per heavy atom. The van der Waals surface area contributed by atoms with E-state index in [-0.39, 0.29) is 11.9 Å². The molecule has 0 saturated heterocycles. The van der Waals surface area contributed by atoms with Crippen LogP contribution in [0.3, 0.4) is 0 Å². The molecule has 5 nitrogen and oxygen atoms in total. The van der Waals surface area contributed by atoms with Gasteiger partial charge in [0.1, 0.15) is 5.01 Å². The molecule has 0 fully saturated rings. The molecule has 1 aromatic heterocycles. The number of hydrogen-bond acceptors (Lipinski definition) is 7. The van der Waals surface area contributed by atoms with Crippen LogP contribution in [0.4, 0.5) is 0 Å². The van der Waals surface area contributed by atoms with Crippen molar-refractivity contribution < 1.29 is 19.1 Å². The average molecular weight is 303 g/mol. The van der Waals surface area contributed by atoms with E-state index < -0.39 is 5.60 Å². The number of ether oxygens (including phenoxy) is 2. The molecule has 0 aliphatic carbocycles. The normalized spacial score (nSPS) is 11.2. The summed E-state index contributed by atoms with van der Waals surface area (Å²) < 4.78 is 10.8. The largest absolute Gasteiger partial charge is 0.469 e. The first-order valence-electron chi connectivity index (χ1n) is 5.70. The molecule has 0 spiro atoms. The van der Waals surface area contributed by atoms with Crippen LogP contribution in [0.15, 0.2) is 10.4 Å². The molecule has 0 aromatic carbocycles. The zero-order valence-corrected chi connectivity index (χ0v) is 13.0. The van der Waals surface area contributed by atoms with Crippen molar-refractivity contribution in [2.75, 3.05) is 12.9 Å². The molecule has 0 aliphatic heterocycles.